The number of rotatable bonds is 7. The minimum absolute atomic E-state index is 0.0350. The molecule has 3 heterocycles. The minimum atomic E-state index is -3.64. The van der Waals surface area contributed by atoms with Crippen LogP contribution in [0.5, 0.6) is 0 Å². The third kappa shape index (κ3) is 4.11. The largest absolute Gasteiger partial charge is 0.414 e. The van der Waals surface area contributed by atoms with Crippen molar-refractivity contribution in [3.63, 3.8) is 0 Å². The number of pyridine rings is 1. The molecule has 0 aliphatic heterocycles. The predicted octanol–water partition coefficient (Wildman–Crippen LogP) is 3.27. The summed E-state index contributed by atoms with van der Waals surface area (Å²) in [6.45, 7) is 3.12. The summed E-state index contributed by atoms with van der Waals surface area (Å²) >= 11 is 1.08. The van der Waals surface area contributed by atoms with Crippen LogP contribution >= 0.6 is 11.3 Å². The summed E-state index contributed by atoms with van der Waals surface area (Å²) in [4.78, 5) is 8.50. The molecular formula is C15H15F2N5O3S2. The summed E-state index contributed by atoms with van der Waals surface area (Å²) < 4.78 is 56.8. The second kappa shape index (κ2) is 7.64. The van der Waals surface area contributed by atoms with E-state index < -0.39 is 27.6 Å². The molecule has 0 spiro atoms. The summed E-state index contributed by atoms with van der Waals surface area (Å²) in [6, 6.07) is 3.27. The lowest BCUT2D eigenvalue weighted by atomic mass is 10.4. The Balaban J connectivity index is 1.90. The number of nitrogens with zero attached hydrogens (tertiary/aromatic N) is 5. The van der Waals surface area contributed by atoms with Crippen molar-refractivity contribution in [2.24, 2.45) is 0 Å². The Morgan fingerprint density at radius 1 is 1.26 bits per heavy atom. The Bertz CT molecular complexity index is 1010. The molecule has 8 nitrogen and oxygen atoms in total. The van der Waals surface area contributed by atoms with E-state index in [0.29, 0.717) is 15.6 Å². The van der Waals surface area contributed by atoms with E-state index in [2.05, 4.69) is 20.2 Å². The van der Waals surface area contributed by atoms with Gasteiger partial charge in [0.05, 0.1) is 29.9 Å². The van der Waals surface area contributed by atoms with E-state index in [1.807, 2.05) is 0 Å². The number of hydrogen-bond acceptors (Lipinski definition) is 8. The molecule has 27 heavy (non-hydrogen) atoms. The molecule has 144 valence electrons. The van der Waals surface area contributed by atoms with Crippen LogP contribution in [-0.2, 0) is 16.6 Å². The average Bonchev–Trinajstić information content (AvgIpc) is 3.29. The Hall–Kier alpha value is -2.47. The van der Waals surface area contributed by atoms with Crippen molar-refractivity contribution in [3.05, 3.63) is 41.6 Å². The monoisotopic (exact) mass is 415 g/mol. The molecule has 0 saturated heterocycles. The standard InChI is InChI=1S/C15H15F2N5O3S2/c1-9(2)27(23,24)22(10-4-3-5-18-6-10)8-12-19-7-11(26-12)14-20-21-15(25-14)13(16)17/h3-7,9,13H,8H2,1-2H3. The fourth-order valence-corrected chi connectivity index (χ4v) is 4.23. The van der Waals surface area contributed by atoms with Crippen molar-refractivity contribution < 1.29 is 21.6 Å². The topological polar surface area (TPSA) is 102 Å². The summed E-state index contributed by atoms with van der Waals surface area (Å²) in [5, 5.41) is 6.63. The first-order chi connectivity index (χ1) is 12.8. The maximum atomic E-state index is 12.7. The van der Waals surface area contributed by atoms with Crippen molar-refractivity contribution in [2.45, 2.75) is 32.1 Å². The van der Waals surface area contributed by atoms with Crippen LogP contribution < -0.4 is 4.31 Å². The highest BCUT2D eigenvalue weighted by Gasteiger charge is 2.28. The fraction of sp³-hybridized carbons (Fsp3) is 0.333. The molecule has 0 unspecified atom stereocenters. The van der Waals surface area contributed by atoms with Crippen LogP contribution in [0.15, 0.2) is 35.1 Å². The van der Waals surface area contributed by atoms with Gasteiger partial charge < -0.3 is 4.42 Å². The number of thiazole rings is 1. The van der Waals surface area contributed by atoms with Crippen LogP contribution in [0.25, 0.3) is 10.8 Å². The Morgan fingerprint density at radius 2 is 2.04 bits per heavy atom. The van der Waals surface area contributed by atoms with Gasteiger partial charge in [-0.15, -0.1) is 21.5 Å². The van der Waals surface area contributed by atoms with E-state index >= 15 is 0 Å². The van der Waals surface area contributed by atoms with E-state index in [-0.39, 0.29) is 12.4 Å². The molecule has 0 N–H and O–H groups in total. The van der Waals surface area contributed by atoms with Crippen molar-refractivity contribution in [1.29, 1.82) is 0 Å². The smallest absolute Gasteiger partial charge is 0.314 e. The van der Waals surface area contributed by atoms with Gasteiger partial charge in [-0.2, -0.15) is 8.78 Å². The van der Waals surface area contributed by atoms with Gasteiger partial charge in [0.2, 0.25) is 10.0 Å². The molecule has 0 amide bonds. The number of hydrogen-bond donors (Lipinski definition) is 0. The Morgan fingerprint density at radius 3 is 2.63 bits per heavy atom. The van der Waals surface area contributed by atoms with Gasteiger partial charge in [-0.05, 0) is 26.0 Å². The van der Waals surface area contributed by atoms with Gasteiger partial charge in [-0.25, -0.2) is 13.4 Å². The van der Waals surface area contributed by atoms with E-state index in [0.717, 1.165) is 11.3 Å². The molecule has 0 aliphatic carbocycles. The lowest BCUT2D eigenvalue weighted by Gasteiger charge is -2.25. The number of aromatic nitrogens is 4. The predicted molar refractivity (Wildman–Crippen MR) is 94.8 cm³/mol. The number of sulfonamides is 1. The SMILES string of the molecule is CC(C)S(=O)(=O)N(Cc1ncc(-c2nnc(C(F)F)o2)s1)c1cccnc1. The highest BCUT2D eigenvalue weighted by atomic mass is 32.2. The number of anilines is 1. The zero-order valence-corrected chi connectivity index (χ0v) is 15.9. The molecule has 3 aromatic heterocycles. The maximum absolute atomic E-state index is 12.7. The van der Waals surface area contributed by atoms with Gasteiger partial charge in [0, 0.05) is 6.20 Å². The third-order valence-corrected chi connectivity index (χ3v) is 6.62. The van der Waals surface area contributed by atoms with E-state index in [9.17, 15) is 17.2 Å². The number of halogens is 2. The summed E-state index contributed by atoms with van der Waals surface area (Å²) in [7, 11) is -3.64. The molecule has 0 aliphatic rings. The normalized spacial score (nSPS) is 12.1. The van der Waals surface area contributed by atoms with Crippen LogP contribution in [0.2, 0.25) is 0 Å². The van der Waals surface area contributed by atoms with Crippen LogP contribution in [-0.4, -0.2) is 33.8 Å². The van der Waals surface area contributed by atoms with E-state index in [1.54, 1.807) is 32.2 Å². The quantitative estimate of drug-likeness (QED) is 0.583. The minimum Gasteiger partial charge on any atom is -0.414 e. The van der Waals surface area contributed by atoms with Crippen molar-refractivity contribution in [3.8, 4) is 10.8 Å². The zero-order chi connectivity index (χ0) is 19.6. The van der Waals surface area contributed by atoms with Crippen LogP contribution in [0.3, 0.4) is 0 Å². The first-order valence-electron chi connectivity index (χ1n) is 7.77. The molecule has 0 atom stereocenters. The molecule has 0 fully saturated rings. The van der Waals surface area contributed by atoms with Crippen molar-refractivity contribution >= 4 is 27.0 Å². The van der Waals surface area contributed by atoms with Gasteiger partial charge in [0.1, 0.15) is 9.88 Å². The highest BCUT2D eigenvalue weighted by Crippen LogP contribution is 2.30. The lowest BCUT2D eigenvalue weighted by Crippen LogP contribution is -2.36. The summed E-state index contributed by atoms with van der Waals surface area (Å²) in [5.74, 6) is -0.868. The number of alkyl halides is 2. The third-order valence-electron chi connectivity index (χ3n) is 3.51. The molecular weight excluding hydrogens is 400 g/mol. The van der Waals surface area contributed by atoms with Crippen molar-refractivity contribution in [1.82, 2.24) is 20.2 Å². The highest BCUT2D eigenvalue weighted by molar-refractivity contribution is 7.93. The van der Waals surface area contributed by atoms with Gasteiger partial charge in [-0.1, -0.05) is 0 Å². The van der Waals surface area contributed by atoms with Gasteiger partial charge >= 0.3 is 6.43 Å². The van der Waals surface area contributed by atoms with E-state index in [4.69, 9.17) is 4.42 Å². The van der Waals surface area contributed by atoms with Gasteiger partial charge in [0.15, 0.2) is 0 Å². The fourth-order valence-electron chi connectivity index (χ4n) is 2.11. The molecule has 3 aromatic rings. The molecule has 12 heteroatoms. The zero-order valence-electron chi connectivity index (χ0n) is 14.3. The molecule has 0 saturated carbocycles. The molecule has 0 aromatic carbocycles. The van der Waals surface area contributed by atoms with Crippen LogP contribution in [0.1, 0.15) is 31.2 Å². The van der Waals surface area contributed by atoms with Gasteiger partial charge in [-0.3, -0.25) is 9.29 Å². The first-order valence-corrected chi connectivity index (χ1v) is 10.1. The summed E-state index contributed by atoms with van der Waals surface area (Å²) in [6.07, 6.45) is 1.51. The molecule has 3 rings (SSSR count). The lowest BCUT2D eigenvalue weighted by molar-refractivity contribution is 0.116. The Labute approximate surface area is 158 Å². The average molecular weight is 415 g/mol. The second-order valence-corrected chi connectivity index (χ2v) is 9.20. The molecule has 0 radical (unpaired) electrons. The Kier molecular flexibility index (Phi) is 5.46. The maximum Gasteiger partial charge on any atom is 0.314 e. The first kappa shape index (κ1) is 19.3. The molecule has 0 bridgehead atoms. The van der Waals surface area contributed by atoms with Crippen LogP contribution in [0.4, 0.5) is 14.5 Å². The van der Waals surface area contributed by atoms with Crippen molar-refractivity contribution in [2.75, 3.05) is 4.31 Å². The summed E-state index contributed by atoms with van der Waals surface area (Å²) in [5.41, 5.74) is 0.403. The second-order valence-electron chi connectivity index (χ2n) is 5.68. The van der Waals surface area contributed by atoms with Crippen LogP contribution in [0, 0.1) is 0 Å². The van der Waals surface area contributed by atoms with E-state index in [1.165, 1.54) is 16.7 Å². The van der Waals surface area contributed by atoms with Gasteiger partial charge in [0.25, 0.3) is 11.8 Å².